The Morgan fingerprint density at radius 2 is 1.78 bits per heavy atom. The number of aromatic amines is 1. The lowest BCUT2D eigenvalue weighted by atomic mass is 10.2. The third-order valence-corrected chi connectivity index (χ3v) is 5.18. The number of amides is 1. The number of rotatable bonds is 5. The van der Waals surface area contributed by atoms with Crippen LogP contribution < -0.4 is 5.73 Å². The maximum Gasteiger partial charge on any atom is 0.355 e. The molecule has 2 rings (SSSR count). The Bertz CT molecular complexity index is 853. The van der Waals surface area contributed by atoms with Crippen molar-refractivity contribution in [1.82, 2.24) is 4.98 Å². The molecule has 1 heterocycles. The first kappa shape index (κ1) is 16.8. The highest BCUT2D eigenvalue weighted by atomic mass is 32.2. The summed E-state index contributed by atoms with van der Waals surface area (Å²) in [6.45, 7) is 3.15. The molecule has 2 aromatic rings. The molecule has 0 fully saturated rings. The lowest BCUT2D eigenvalue weighted by Gasteiger charge is -2.06. The second-order valence-corrected chi connectivity index (χ2v) is 6.62. The van der Waals surface area contributed by atoms with Gasteiger partial charge in [-0.3, -0.25) is 4.79 Å². The van der Waals surface area contributed by atoms with Gasteiger partial charge in [0, 0.05) is 5.56 Å². The molecular formula is C15H16N2O5S. The molecule has 0 atom stereocenters. The Hall–Kier alpha value is -2.61. The highest BCUT2D eigenvalue weighted by Crippen LogP contribution is 2.29. The van der Waals surface area contributed by atoms with E-state index >= 15 is 0 Å². The van der Waals surface area contributed by atoms with Gasteiger partial charge < -0.3 is 15.5 Å². The van der Waals surface area contributed by atoms with Crippen LogP contribution in [0, 0.1) is 6.92 Å². The maximum absolute atomic E-state index is 12.8. The summed E-state index contributed by atoms with van der Waals surface area (Å²) in [7, 11) is -4.01. The number of H-pyrrole nitrogens is 1. The van der Waals surface area contributed by atoms with E-state index < -0.39 is 21.7 Å². The van der Waals surface area contributed by atoms with Crippen molar-refractivity contribution in [3.05, 3.63) is 47.3 Å². The van der Waals surface area contributed by atoms with Crippen LogP contribution in [-0.2, 0) is 14.6 Å². The zero-order chi connectivity index (χ0) is 17.2. The van der Waals surface area contributed by atoms with E-state index in [9.17, 15) is 18.0 Å². The molecule has 23 heavy (non-hydrogen) atoms. The summed E-state index contributed by atoms with van der Waals surface area (Å²) < 4.78 is 30.4. The fraction of sp³-hybridized carbons (Fsp3) is 0.200. The van der Waals surface area contributed by atoms with E-state index in [1.807, 2.05) is 0 Å². The van der Waals surface area contributed by atoms with Crippen molar-refractivity contribution in [3.8, 4) is 0 Å². The summed E-state index contributed by atoms with van der Waals surface area (Å²) in [4.78, 5) is 25.7. The number of aromatic nitrogens is 1. The first-order valence-electron chi connectivity index (χ1n) is 6.80. The van der Waals surface area contributed by atoms with Crippen LogP contribution in [0.15, 0.2) is 40.1 Å². The van der Waals surface area contributed by atoms with E-state index in [2.05, 4.69) is 4.98 Å². The highest BCUT2D eigenvalue weighted by molar-refractivity contribution is 7.91. The Morgan fingerprint density at radius 3 is 2.30 bits per heavy atom. The van der Waals surface area contributed by atoms with Crippen molar-refractivity contribution in [2.45, 2.75) is 23.6 Å². The topological polar surface area (TPSA) is 119 Å². The second-order valence-electron chi connectivity index (χ2n) is 4.73. The first-order chi connectivity index (χ1) is 10.8. The van der Waals surface area contributed by atoms with Gasteiger partial charge in [0.2, 0.25) is 9.84 Å². The van der Waals surface area contributed by atoms with Crippen LogP contribution in [0.5, 0.6) is 0 Å². The molecule has 0 radical (unpaired) electrons. The average Bonchev–Trinajstić information content (AvgIpc) is 2.87. The maximum atomic E-state index is 12.8. The number of ether oxygens (including phenoxy) is 1. The average molecular weight is 336 g/mol. The van der Waals surface area contributed by atoms with Gasteiger partial charge in [-0.25, -0.2) is 13.2 Å². The summed E-state index contributed by atoms with van der Waals surface area (Å²) in [6.07, 6.45) is 0. The number of benzene rings is 1. The number of carbonyl (C=O) groups excluding carboxylic acids is 2. The Labute approximate surface area is 133 Å². The molecule has 7 nitrogen and oxygen atoms in total. The standard InChI is InChI=1S/C15H16N2O5S/c1-3-22-15(19)11-9(2)13(12(17-11)14(16)18)23(20,21)10-7-5-4-6-8-10/h4-8,17H,3H2,1-2H3,(H2,16,18). The lowest BCUT2D eigenvalue weighted by Crippen LogP contribution is -2.16. The Morgan fingerprint density at radius 1 is 1.17 bits per heavy atom. The van der Waals surface area contributed by atoms with Gasteiger partial charge >= 0.3 is 5.97 Å². The van der Waals surface area contributed by atoms with E-state index in [0.717, 1.165) is 0 Å². The number of hydrogen-bond donors (Lipinski definition) is 2. The quantitative estimate of drug-likeness (QED) is 0.801. The van der Waals surface area contributed by atoms with Crippen molar-refractivity contribution in [2.75, 3.05) is 6.61 Å². The van der Waals surface area contributed by atoms with Crippen molar-refractivity contribution >= 4 is 21.7 Å². The van der Waals surface area contributed by atoms with Crippen molar-refractivity contribution in [2.24, 2.45) is 5.73 Å². The number of nitrogens with one attached hydrogen (secondary N) is 1. The molecule has 0 bridgehead atoms. The van der Waals surface area contributed by atoms with Crippen LogP contribution in [-0.4, -0.2) is 31.9 Å². The molecule has 0 saturated carbocycles. The van der Waals surface area contributed by atoms with Gasteiger partial charge in [-0.05, 0) is 26.0 Å². The zero-order valence-electron chi connectivity index (χ0n) is 12.6. The predicted molar refractivity (Wildman–Crippen MR) is 81.9 cm³/mol. The second kappa shape index (κ2) is 6.25. The van der Waals surface area contributed by atoms with Crippen LogP contribution in [0.4, 0.5) is 0 Å². The Balaban J connectivity index is 2.71. The van der Waals surface area contributed by atoms with Gasteiger partial charge in [-0.2, -0.15) is 0 Å². The van der Waals surface area contributed by atoms with Gasteiger partial charge in [0.05, 0.1) is 11.5 Å². The molecule has 0 aliphatic carbocycles. The molecule has 0 unspecified atom stereocenters. The van der Waals surface area contributed by atoms with Crippen molar-refractivity contribution in [1.29, 1.82) is 0 Å². The summed E-state index contributed by atoms with van der Waals surface area (Å²) >= 11 is 0. The summed E-state index contributed by atoms with van der Waals surface area (Å²) in [6, 6.07) is 7.59. The summed E-state index contributed by atoms with van der Waals surface area (Å²) in [5.74, 6) is -1.72. The number of nitrogens with two attached hydrogens (primary N) is 1. The minimum atomic E-state index is -4.01. The number of carbonyl (C=O) groups is 2. The molecule has 8 heteroatoms. The van der Waals surface area contributed by atoms with Crippen LogP contribution in [0.3, 0.4) is 0 Å². The zero-order valence-corrected chi connectivity index (χ0v) is 13.4. The summed E-state index contributed by atoms with van der Waals surface area (Å²) in [5.41, 5.74) is 4.92. The van der Waals surface area contributed by atoms with Crippen molar-refractivity contribution in [3.63, 3.8) is 0 Å². The fourth-order valence-electron chi connectivity index (χ4n) is 2.21. The van der Waals surface area contributed by atoms with E-state index in [4.69, 9.17) is 10.5 Å². The molecule has 0 aliphatic heterocycles. The van der Waals surface area contributed by atoms with Gasteiger partial charge in [0.15, 0.2) is 0 Å². The number of hydrogen-bond acceptors (Lipinski definition) is 5. The monoisotopic (exact) mass is 336 g/mol. The molecule has 0 aliphatic rings. The van der Waals surface area contributed by atoms with Crippen LogP contribution >= 0.6 is 0 Å². The van der Waals surface area contributed by atoms with E-state index in [1.54, 1.807) is 25.1 Å². The van der Waals surface area contributed by atoms with Crippen molar-refractivity contribution < 1.29 is 22.7 Å². The third-order valence-electron chi connectivity index (χ3n) is 3.24. The predicted octanol–water partition coefficient (Wildman–Crippen LogP) is 1.43. The molecular weight excluding hydrogens is 320 g/mol. The van der Waals surface area contributed by atoms with E-state index in [1.165, 1.54) is 19.1 Å². The molecule has 1 aromatic carbocycles. The van der Waals surface area contributed by atoms with Gasteiger partial charge in [-0.1, -0.05) is 18.2 Å². The molecule has 1 aromatic heterocycles. The van der Waals surface area contributed by atoms with Gasteiger partial charge in [0.25, 0.3) is 5.91 Å². The largest absolute Gasteiger partial charge is 0.461 e. The van der Waals surface area contributed by atoms with Crippen LogP contribution in [0.1, 0.15) is 33.5 Å². The molecule has 1 amide bonds. The molecule has 3 N–H and O–H groups in total. The first-order valence-corrected chi connectivity index (χ1v) is 8.28. The number of primary amides is 1. The van der Waals surface area contributed by atoms with Crippen LogP contribution in [0.2, 0.25) is 0 Å². The van der Waals surface area contributed by atoms with E-state index in [-0.39, 0.29) is 33.3 Å². The fourth-order valence-corrected chi connectivity index (χ4v) is 3.89. The minimum absolute atomic E-state index is 0.00000821. The summed E-state index contributed by atoms with van der Waals surface area (Å²) in [5, 5.41) is 0. The third kappa shape index (κ3) is 2.98. The van der Waals surface area contributed by atoms with Gasteiger partial charge in [0.1, 0.15) is 16.3 Å². The lowest BCUT2D eigenvalue weighted by molar-refractivity contribution is 0.0519. The molecule has 0 saturated heterocycles. The van der Waals surface area contributed by atoms with E-state index in [0.29, 0.717) is 0 Å². The van der Waals surface area contributed by atoms with Gasteiger partial charge in [-0.15, -0.1) is 0 Å². The molecule has 0 spiro atoms. The van der Waals surface area contributed by atoms with Crippen LogP contribution in [0.25, 0.3) is 0 Å². The number of sulfone groups is 1. The number of esters is 1. The SMILES string of the molecule is CCOC(=O)c1[nH]c(C(N)=O)c(S(=O)(=O)c2ccccc2)c1C. The smallest absolute Gasteiger partial charge is 0.355 e. The normalized spacial score (nSPS) is 11.2. The molecule has 122 valence electrons. The minimum Gasteiger partial charge on any atom is -0.461 e. The Kier molecular flexibility index (Phi) is 4.55. The highest BCUT2D eigenvalue weighted by Gasteiger charge is 2.32.